The van der Waals surface area contributed by atoms with Crippen LogP contribution in [0.3, 0.4) is 0 Å². The van der Waals surface area contributed by atoms with Gasteiger partial charge >= 0.3 is 5.97 Å². The van der Waals surface area contributed by atoms with Crippen LogP contribution in [-0.4, -0.2) is 49.0 Å². The summed E-state index contributed by atoms with van der Waals surface area (Å²) in [6.07, 6.45) is -1.03. The molecule has 0 saturated carbocycles. The summed E-state index contributed by atoms with van der Waals surface area (Å²) >= 11 is 0. The number of phenols is 4. The molecular weight excluding hydrogens is 344 g/mol. The summed E-state index contributed by atoms with van der Waals surface area (Å²) in [4.78, 5) is 11.9. The number of aliphatic hydroxyl groups is 2. The second kappa shape index (κ2) is 8.24. The van der Waals surface area contributed by atoms with E-state index >= 15 is 0 Å². The number of benzene rings is 2. The molecule has 2 aromatic carbocycles. The van der Waals surface area contributed by atoms with Gasteiger partial charge in [-0.3, -0.25) is 0 Å². The van der Waals surface area contributed by atoms with Crippen LogP contribution in [0, 0.1) is 0 Å². The first-order chi connectivity index (χ1) is 12.3. The molecule has 0 saturated heterocycles. The van der Waals surface area contributed by atoms with Crippen LogP contribution in [-0.2, 0) is 16.0 Å². The first kappa shape index (κ1) is 19.1. The van der Waals surface area contributed by atoms with E-state index in [1.807, 2.05) is 0 Å². The van der Waals surface area contributed by atoms with Crippen LogP contribution in [0.4, 0.5) is 0 Å². The fourth-order valence-electron chi connectivity index (χ4n) is 2.13. The maximum Gasteiger partial charge on any atom is 0.331 e. The number of esters is 1. The number of hydrogen-bond acceptors (Lipinski definition) is 8. The minimum absolute atomic E-state index is 0.106. The Morgan fingerprint density at radius 3 is 2.12 bits per heavy atom. The van der Waals surface area contributed by atoms with Gasteiger partial charge in [0.1, 0.15) is 0 Å². The van der Waals surface area contributed by atoms with Gasteiger partial charge in [0, 0.05) is 12.5 Å². The molecular formula is C18H18O8. The number of aromatic hydroxyl groups is 4. The number of ether oxygens (including phenoxy) is 1. The average Bonchev–Trinajstić information content (AvgIpc) is 2.58. The van der Waals surface area contributed by atoms with Crippen molar-refractivity contribution in [3.05, 3.63) is 53.6 Å². The van der Waals surface area contributed by atoms with E-state index in [1.54, 1.807) is 0 Å². The fourth-order valence-corrected chi connectivity index (χ4v) is 2.13. The molecule has 0 fully saturated rings. The zero-order valence-electron chi connectivity index (χ0n) is 13.5. The zero-order chi connectivity index (χ0) is 19.3. The van der Waals surface area contributed by atoms with Crippen LogP contribution in [0.15, 0.2) is 42.5 Å². The van der Waals surface area contributed by atoms with Crippen molar-refractivity contribution in [3.8, 4) is 23.0 Å². The Kier molecular flexibility index (Phi) is 6.05. The molecule has 2 aromatic rings. The lowest BCUT2D eigenvalue weighted by atomic mass is 10.1. The van der Waals surface area contributed by atoms with Gasteiger partial charge in [0.05, 0.1) is 0 Å². The van der Waals surface area contributed by atoms with Crippen molar-refractivity contribution in [2.45, 2.75) is 18.8 Å². The maximum absolute atomic E-state index is 11.9. The molecule has 0 amide bonds. The number of rotatable bonds is 6. The first-order valence-electron chi connectivity index (χ1n) is 7.54. The molecule has 0 aliphatic heterocycles. The van der Waals surface area contributed by atoms with Crippen LogP contribution in [0.5, 0.6) is 23.0 Å². The maximum atomic E-state index is 11.9. The summed E-state index contributed by atoms with van der Waals surface area (Å²) in [5.41, 5.74) is 0.834. The highest BCUT2D eigenvalue weighted by molar-refractivity contribution is 5.87. The van der Waals surface area contributed by atoms with Gasteiger partial charge in [0.25, 0.3) is 0 Å². The lowest BCUT2D eigenvalue weighted by Crippen LogP contribution is -2.32. The molecule has 8 heteroatoms. The minimum Gasteiger partial charge on any atom is -0.504 e. The van der Waals surface area contributed by atoms with Gasteiger partial charge < -0.3 is 35.4 Å². The van der Waals surface area contributed by atoms with Crippen molar-refractivity contribution in [2.24, 2.45) is 0 Å². The summed E-state index contributed by atoms with van der Waals surface area (Å²) in [5, 5.41) is 56.1. The number of aliphatic hydroxyl groups excluding tert-OH is 1. The second-order valence-electron chi connectivity index (χ2n) is 5.50. The Hall–Kier alpha value is -3.23. The Morgan fingerprint density at radius 2 is 1.54 bits per heavy atom. The summed E-state index contributed by atoms with van der Waals surface area (Å²) in [6.45, 7) is 0. The third-order valence-electron chi connectivity index (χ3n) is 3.49. The molecule has 26 heavy (non-hydrogen) atoms. The summed E-state index contributed by atoms with van der Waals surface area (Å²) in [5.74, 6) is -2.22. The summed E-state index contributed by atoms with van der Waals surface area (Å²) < 4.78 is 4.98. The highest BCUT2D eigenvalue weighted by Gasteiger charge is 2.21. The van der Waals surface area contributed by atoms with Crippen molar-refractivity contribution in [2.75, 3.05) is 0 Å². The Morgan fingerprint density at radius 1 is 0.923 bits per heavy atom. The molecule has 1 atom stereocenters. The zero-order valence-corrected chi connectivity index (χ0v) is 13.5. The van der Waals surface area contributed by atoms with E-state index in [-0.39, 0.29) is 29.4 Å². The molecule has 0 radical (unpaired) electrons. The summed E-state index contributed by atoms with van der Waals surface area (Å²) in [6, 6.07) is 7.82. The molecule has 0 bridgehead atoms. The van der Waals surface area contributed by atoms with Crippen LogP contribution >= 0.6 is 0 Å². The first-order valence-corrected chi connectivity index (χ1v) is 7.54. The van der Waals surface area contributed by atoms with E-state index in [2.05, 4.69) is 0 Å². The summed E-state index contributed by atoms with van der Waals surface area (Å²) in [7, 11) is 0. The molecule has 0 aromatic heterocycles. The van der Waals surface area contributed by atoms with E-state index < -0.39 is 18.4 Å². The molecule has 0 spiro atoms. The normalized spacial score (nSPS) is 12.4. The number of carbonyl (C=O) groups excluding carboxylic acids is 1. The number of hydrogen-bond donors (Lipinski definition) is 6. The SMILES string of the molecule is O=C(C=Cc1ccc(O)c(O)c1)OC(Cc1ccc(O)c(O)c1)C(O)O. The highest BCUT2D eigenvalue weighted by Crippen LogP contribution is 2.26. The third-order valence-corrected chi connectivity index (χ3v) is 3.49. The predicted octanol–water partition coefficient (Wildman–Crippen LogP) is 0.987. The molecule has 6 N–H and O–H groups in total. The molecule has 1 unspecified atom stereocenters. The van der Waals surface area contributed by atoms with Gasteiger partial charge in [-0.15, -0.1) is 0 Å². The highest BCUT2D eigenvalue weighted by atomic mass is 16.6. The van der Waals surface area contributed by atoms with Gasteiger partial charge in [0.2, 0.25) is 0 Å². The van der Waals surface area contributed by atoms with Gasteiger partial charge in [-0.1, -0.05) is 12.1 Å². The van der Waals surface area contributed by atoms with Crippen LogP contribution in [0.1, 0.15) is 11.1 Å². The standard InChI is InChI=1S/C18H18O8/c19-12-4-1-10(7-14(12)21)3-6-17(23)26-16(18(24)25)9-11-2-5-13(20)15(22)8-11/h1-8,16,18-22,24-25H,9H2. The molecule has 2 rings (SSSR count). The Balaban J connectivity index is 2.03. The molecule has 0 heterocycles. The van der Waals surface area contributed by atoms with Crippen molar-refractivity contribution >= 4 is 12.0 Å². The lowest BCUT2D eigenvalue weighted by Gasteiger charge is -2.19. The van der Waals surface area contributed by atoms with E-state index in [0.717, 1.165) is 6.08 Å². The van der Waals surface area contributed by atoms with Crippen molar-refractivity contribution < 1.29 is 40.2 Å². The average molecular weight is 362 g/mol. The Labute approximate surface area is 148 Å². The van der Waals surface area contributed by atoms with Gasteiger partial charge in [-0.05, 0) is 41.5 Å². The van der Waals surface area contributed by atoms with Crippen molar-refractivity contribution in [1.29, 1.82) is 0 Å². The number of carbonyl (C=O) groups is 1. The van der Waals surface area contributed by atoms with E-state index in [4.69, 9.17) is 4.74 Å². The monoisotopic (exact) mass is 362 g/mol. The molecule has 0 aliphatic carbocycles. The topological polar surface area (TPSA) is 148 Å². The van der Waals surface area contributed by atoms with E-state index in [0.29, 0.717) is 11.1 Å². The van der Waals surface area contributed by atoms with E-state index in [9.17, 15) is 35.4 Å². The van der Waals surface area contributed by atoms with Crippen LogP contribution in [0.25, 0.3) is 6.08 Å². The third kappa shape index (κ3) is 5.13. The smallest absolute Gasteiger partial charge is 0.331 e. The molecule has 0 aliphatic rings. The quantitative estimate of drug-likeness (QED) is 0.193. The molecule has 138 valence electrons. The fraction of sp³-hybridized carbons (Fsp3) is 0.167. The van der Waals surface area contributed by atoms with Crippen LogP contribution < -0.4 is 0 Å². The lowest BCUT2D eigenvalue weighted by molar-refractivity contribution is -0.169. The van der Waals surface area contributed by atoms with Gasteiger partial charge in [-0.2, -0.15) is 0 Å². The predicted molar refractivity (Wildman–Crippen MR) is 90.4 cm³/mol. The van der Waals surface area contributed by atoms with E-state index in [1.165, 1.54) is 42.5 Å². The second-order valence-corrected chi connectivity index (χ2v) is 5.50. The minimum atomic E-state index is -1.96. The van der Waals surface area contributed by atoms with Crippen molar-refractivity contribution in [1.82, 2.24) is 0 Å². The molecule has 8 nitrogen and oxygen atoms in total. The van der Waals surface area contributed by atoms with Gasteiger partial charge in [-0.25, -0.2) is 4.79 Å². The van der Waals surface area contributed by atoms with Crippen molar-refractivity contribution in [3.63, 3.8) is 0 Å². The van der Waals surface area contributed by atoms with Crippen LogP contribution in [0.2, 0.25) is 0 Å². The number of phenolic OH excluding ortho intramolecular Hbond substituents is 4. The van der Waals surface area contributed by atoms with Gasteiger partial charge in [0.15, 0.2) is 35.4 Å². The largest absolute Gasteiger partial charge is 0.504 e. The Bertz CT molecular complexity index is 813.